The number of benzene rings is 3. The maximum absolute atomic E-state index is 12.5. The molecule has 0 bridgehead atoms. The molecule has 0 aliphatic heterocycles. The van der Waals surface area contributed by atoms with Crippen molar-refractivity contribution in [3.63, 3.8) is 0 Å². The van der Waals surface area contributed by atoms with Crippen LogP contribution in [0.3, 0.4) is 0 Å². The molecule has 31 heavy (non-hydrogen) atoms. The standard InChI is InChI=1S/C22H16F3N3O2.ClH/c23-22(24,25)30-18-10-11-20-19(12-18)21(27-14-26-20)28-16-6-8-17(9-7-16)29-13-15-4-2-1-3-5-15;/h1-12,14H,13H2,(H,26,27,28);1H. The topological polar surface area (TPSA) is 56.3 Å². The van der Waals surface area contributed by atoms with Gasteiger partial charge in [-0.15, -0.1) is 25.6 Å². The van der Waals surface area contributed by atoms with Crippen LogP contribution < -0.4 is 14.8 Å². The van der Waals surface area contributed by atoms with Crippen LogP contribution in [0.1, 0.15) is 5.56 Å². The average molecular weight is 448 g/mol. The van der Waals surface area contributed by atoms with E-state index in [-0.39, 0.29) is 18.2 Å². The van der Waals surface area contributed by atoms with Gasteiger partial charge in [0.15, 0.2) is 0 Å². The zero-order valence-corrected chi connectivity index (χ0v) is 16.8. The van der Waals surface area contributed by atoms with Gasteiger partial charge in [0.2, 0.25) is 0 Å². The van der Waals surface area contributed by atoms with Crippen LogP contribution in [0.15, 0.2) is 79.1 Å². The number of hydrogen-bond acceptors (Lipinski definition) is 5. The summed E-state index contributed by atoms with van der Waals surface area (Å²) in [6.45, 7) is 0.451. The van der Waals surface area contributed by atoms with E-state index in [2.05, 4.69) is 20.0 Å². The molecule has 0 unspecified atom stereocenters. The lowest BCUT2D eigenvalue weighted by atomic mass is 10.2. The van der Waals surface area contributed by atoms with Gasteiger partial charge < -0.3 is 14.8 Å². The van der Waals surface area contributed by atoms with Crippen LogP contribution in [0.2, 0.25) is 0 Å². The lowest BCUT2D eigenvalue weighted by Gasteiger charge is -2.12. The summed E-state index contributed by atoms with van der Waals surface area (Å²) in [4.78, 5) is 8.23. The van der Waals surface area contributed by atoms with E-state index in [0.29, 0.717) is 34.8 Å². The molecular formula is C22H17ClF3N3O2. The summed E-state index contributed by atoms with van der Waals surface area (Å²) in [5, 5.41) is 3.50. The number of hydrogen-bond donors (Lipinski definition) is 1. The Morgan fingerprint density at radius 3 is 2.26 bits per heavy atom. The zero-order chi connectivity index (χ0) is 21.0. The average Bonchev–Trinajstić information content (AvgIpc) is 2.73. The maximum atomic E-state index is 12.5. The number of aromatic nitrogens is 2. The van der Waals surface area contributed by atoms with Gasteiger partial charge in [-0.05, 0) is 48.0 Å². The molecule has 0 aliphatic rings. The second kappa shape index (κ2) is 9.53. The fourth-order valence-electron chi connectivity index (χ4n) is 2.84. The van der Waals surface area contributed by atoms with Gasteiger partial charge in [-0.2, -0.15) is 0 Å². The molecule has 3 aromatic carbocycles. The monoisotopic (exact) mass is 447 g/mol. The Morgan fingerprint density at radius 2 is 1.55 bits per heavy atom. The lowest BCUT2D eigenvalue weighted by Crippen LogP contribution is -2.17. The third-order valence-corrected chi connectivity index (χ3v) is 4.21. The number of halogens is 4. The van der Waals surface area contributed by atoms with Crippen molar-refractivity contribution in [2.45, 2.75) is 13.0 Å². The summed E-state index contributed by atoms with van der Waals surface area (Å²) < 4.78 is 47.3. The molecule has 0 atom stereocenters. The molecule has 160 valence electrons. The van der Waals surface area contributed by atoms with Gasteiger partial charge >= 0.3 is 6.36 Å². The Labute approximate surface area is 182 Å². The molecule has 5 nitrogen and oxygen atoms in total. The van der Waals surface area contributed by atoms with Gasteiger partial charge in [-0.3, -0.25) is 0 Å². The fraction of sp³-hybridized carbons (Fsp3) is 0.0909. The molecule has 0 saturated carbocycles. The first-order chi connectivity index (χ1) is 14.5. The molecule has 1 N–H and O–H groups in total. The minimum absolute atomic E-state index is 0. The minimum atomic E-state index is -4.77. The van der Waals surface area contributed by atoms with Crippen molar-refractivity contribution in [3.05, 3.63) is 84.7 Å². The maximum Gasteiger partial charge on any atom is 0.573 e. The smallest absolute Gasteiger partial charge is 0.489 e. The second-order valence-electron chi connectivity index (χ2n) is 6.37. The summed E-state index contributed by atoms with van der Waals surface area (Å²) in [5.41, 5.74) is 2.25. The number of nitrogens with zero attached hydrogens (tertiary/aromatic N) is 2. The first-order valence-corrected chi connectivity index (χ1v) is 9.01. The quantitative estimate of drug-likeness (QED) is 0.377. The third kappa shape index (κ3) is 5.99. The summed E-state index contributed by atoms with van der Waals surface area (Å²) in [7, 11) is 0. The van der Waals surface area contributed by atoms with E-state index in [9.17, 15) is 13.2 Å². The second-order valence-corrected chi connectivity index (χ2v) is 6.37. The molecule has 0 amide bonds. The summed E-state index contributed by atoms with van der Waals surface area (Å²) in [6.07, 6.45) is -3.43. The number of ether oxygens (including phenoxy) is 2. The molecule has 9 heteroatoms. The van der Waals surface area contributed by atoms with E-state index in [1.165, 1.54) is 24.5 Å². The number of nitrogens with one attached hydrogen (secondary N) is 1. The van der Waals surface area contributed by atoms with Gasteiger partial charge in [-0.25, -0.2) is 9.97 Å². The fourth-order valence-corrected chi connectivity index (χ4v) is 2.84. The van der Waals surface area contributed by atoms with Crippen LogP contribution in [0.5, 0.6) is 11.5 Å². The highest BCUT2D eigenvalue weighted by Crippen LogP contribution is 2.30. The van der Waals surface area contributed by atoms with E-state index in [1.54, 1.807) is 24.3 Å². The molecule has 1 aromatic heterocycles. The highest BCUT2D eigenvalue weighted by atomic mass is 35.5. The van der Waals surface area contributed by atoms with Crippen molar-refractivity contribution in [3.8, 4) is 11.5 Å². The molecule has 1 heterocycles. The molecule has 4 aromatic rings. The van der Waals surface area contributed by atoms with E-state index in [0.717, 1.165) is 5.56 Å². The van der Waals surface area contributed by atoms with Crippen LogP contribution in [-0.4, -0.2) is 16.3 Å². The van der Waals surface area contributed by atoms with Crippen molar-refractivity contribution in [2.24, 2.45) is 0 Å². The number of rotatable bonds is 6. The highest BCUT2D eigenvalue weighted by Gasteiger charge is 2.31. The largest absolute Gasteiger partial charge is 0.573 e. The van der Waals surface area contributed by atoms with Crippen molar-refractivity contribution >= 4 is 34.8 Å². The normalized spacial score (nSPS) is 10.9. The van der Waals surface area contributed by atoms with Crippen molar-refractivity contribution in [2.75, 3.05) is 5.32 Å². The Balaban J connectivity index is 0.00000272. The Hall–Kier alpha value is -3.52. The molecular weight excluding hydrogens is 431 g/mol. The predicted octanol–water partition coefficient (Wildman–Crippen LogP) is 6.27. The van der Waals surface area contributed by atoms with E-state index in [4.69, 9.17) is 4.74 Å². The van der Waals surface area contributed by atoms with Gasteiger partial charge in [0.25, 0.3) is 0 Å². The van der Waals surface area contributed by atoms with E-state index >= 15 is 0 Å². The lowest BCUT2D eigenvalue weighted by molar-refractivity contribution is -0.274. The van der Waals surface area contributed by atoms with Crippen LogP contribution in [-0.2, 0) is 6.61 Å². The SMILES string of the molecule is Cl.FC(F)(F)Oc1ccc2ncnc(Nc3ccc(OCc4ccccc4)cc3)c2c1. The van der Waals surface area contributed by atoms with Gasteiger partial charge in [0, 0.05) is 11.1 Å². The third-order valence-electron chi connectivity index (χ3n) is 4.21. The van der Waals surface area contributed by atoms with Crippen molar-refractivity contribution in [1.29, 1.82) is 0 Å². The van der Waals surface area contributed by atoms with E-state index < -0.39 is 6.36 Å². The summed E-state index contributed by atoms with van der Waals surface area (Å²) >= 11 is 0. The molecule has 0 spiro atoms. The Bertz CT molecular complexity index is 1140. The summed E-state index contributed by atoms with van der Waals surface area (Å²) in [6, 6.07) is 20.9. The number of fused-ring (bicyclic) bond motifs is 1. The van der Waals surface area contributed by atoms with Crippen LogP contribution >= 0.6 is 12.4 Å². The Morgan fingerprint density at radius 1 is 0.839 bits per heavy atom. The van der Waals surface area contributed by atoms with E-state index in [1.807, 2.05) is 30.3 Å². The van der Waals surface area contributed by atoms with Crippen LogP contribution in [0.25, 0.3) is 10.9 Å². The number of anilines is 2. The van der Waals surface area contributed by atoms with Crippen molar-refractivity contribution < 1.29 is 22.6 Å². The molecule has 4 rings (SSSR count). The van der Waals surface area contributed by atoms with Crippen LogP contribution in [0, 0.1) is 0 Å². The van der Waals surface area contributed by atoms with Gasteiger partial charge in [-0.1, -0.05) is 30.3 Å². The van der Waals surface area contributed by atoms with Gasteiger partial charge in [0.1, 0.15) is 30.3 Å². The molecule has 0 radical (unpaired) electrons. The van der Waals surface area contributed by atoms with Crippen molar-refractivity contribution in [1.82, 2.24) is 9.97 Å². The highest BCUT2D eigenvalue weighted by molar-refractivity contribution is 5.91. The first kappa shape index (κ1) is 22.2. The van der Waals surface area contributed by atoms with Crippen LogP contribution in [0.4, 0.5) is 24.7 Å². The van der Waals surface area contributed by atoms with Gasteiger partial charge in [0.05, 0.1) is 5.52 Å². The first-order valence-electron chi connectivity index (χ1n) is 9.01. The molecule has 0 fully saturated rings. The molecule has 0 aliphatic carbocycles. The molecule has 0 saturated heterocycles. The number of alkyl halides is 3. The Kier molecular flexibility index (Phi) is 6.81. The summed E-state index contributed by atoms with van der Waals surface area (Å²) in [5.74, 6) is 0.723. The predicted molar refractivity (Wildman–Crippen MR) is 114 cm³/mol. The minimum Gasteiger partial charge on any atom is -0.489 e. The zero-order valence-electron chi connectivity index (χ0n) is 16.0.